The molecule has 0 amide bonds. The highest BCUT2D eigenvalue weighted by Gasteiger charge is 2.09. The molecule has 0 bridgehead atoms. The number of unbranched alkanes of at least 4 members (excludes halogenated alkanes) is 2. The summed E-state index contributed by atoms with van der Waals surface area (Å²) in [4.78, 5) is 0. The Morgan fingerprint density at radius 2 is 2.12 bits per heavy atom. The molecule has 1 heterocycles. The highest BCUT2D eigenvalue weighted by Crippen LogP contribution is 2.18. The average molecular weight is 260 g/mol. The van der Waals surface area contributed by atoms with Crippen molar-refractivity contribution in [2.24, 2.45) is 7.05 Å². The van der Waals surface area contributed by atoms with E-state index in [-0.39, 0.29) is 0 Å². The lowest BCUT2D eigenvalue weighted by molar-refractivity contribution is 0.192. The van der Waals surface area contributed by atoms with E-state index in [0.717, 1.165) is 48.9 Å². The molecule has 1 rings (SSSR count). The first-order chi connectivity index (χ1) is 8.16. The third-order valence-electron chi connectivity index (χ3n) is 2.76. The number of rotatable bonds is 8. The Kier molecular flexibility index (Phi) is 6.55. The molecule has 5 heteroatoms. The smallest absolute Gasteiger partial charge is 0.0860 e. The summed E-state index contributed by atoms with van der Waals surface area (Å²) < 4.78 is 6.85. The zero-order valence-electron chi connectivity index (χ0n) is 10.9. The van der Waals surface area contributed by atoms with Gasteiger partial charge in [-0.05, 0) is 32.7 Å². The van der Waals surface area contributed by atoms with Crippen LogP contribution >= 0.6 is 11.6 Å². The standard InChI is InChI=1S/C12H22ClN3O/c1-10-12(13)11(16(2)15-10)9-14-7-5-4-6-8-17-3/h14H,4-9H2,1-3H3. The average Bonchev–Trinajstić information content (AvgIpc) is 2.54. The van der Waals surface area contributed by atoms with Crippen LogP contribution in [0.25, 0.3) is 0 Å². The predicted octanol–water partition coefficient (Wildman–Crippen LogP) is 2.29. The first kappa shape index (κ1) is 14.5. The van der Waals surface area contributed by atoms with Crippen molar-refractivity contribution in [2.45, 2.75) is 32.7 Å². The van der Waals surface area contributed by atoms with Gasteiger partial charge in [0.1, 0.15) is 0 Å². The fraction of sp³-hybridized carbons (Fsp3) is 0.750. The second kappa shape index (κ2) is 7.69. The van der Waals surface area contributed by atoms with Crippen molar-refractivity contribution in [3.8, 4) is 0 Å². The summed E-state index contributed by atoms with van der Waals surface area (Å²) in [6.45, 7) is 4.56. The summed E-state index contributed by atoms with van der Waals surface area (Å²) >= 11 is 6.16. The van der Waals surface area contributed by atoms with Crippen molar-refractivity contribution in [1.82, 2.24) is 15.1 Å². The SMILES string of the molecule is COCCCCCNCc1c(Cl)c(C)nn1C. The van der Waals surface area contributed by atoms with E-state index in [1.807, 2.05) is 18.7 Å². The van der Waals surface area contributed by atoms with Crippen molar-refractivity contribution >= 4 is 11.6 Å². The summed E-state index contributed by atoms with van der Waals surface area (Å²) in [7, 11) is 3.67. The van der Waals surface area contributed by atoms with Crippen molar-refractivity contribution < 1.29 is 4.74 Å². The van der Waals surface area contributed by atoms with Gasteiger partial charge in [0, 0.05) is 27.3 Å². The lowest BCUT2D eigenvalue weighted by Gasteiger charge is -2.05. The number of methoxy groups -OCH3 is 1. The van der Waals surface area contributed by atoms with E-state index in [0.29, 0.717) is 0 Å². The quantitative estimate of drug-likeness (QED) is 0.728. The molecule has 0 aliphatic heterocycles. The Hall–Kier alpha value is -0.580. The highest BCUT2D eigenvalue weighted by molar-refractivity contribution is 6.31. The molecule has 0 aromatic carbocycles. The van der Waals surface area contributed by atoms with Crippen molar-refractivity contribution in [1.29, 1.82) is 0 Å². The van der Waals surface area contributed by atoms with Crippen LogP contribution in [0.4, 0.5) is 0 Å². The van der Waals surface area contributed by atoms with Crippen molar-refractivity contribution in [3.63, 3.8) is 0 Å². The van der Waals surface area contributed by atoms with Crippen LogP contribution < -0.4 is 5.32 Å². The van der Waals surface area contributed by atoms with Crippen LogP contribution in [-0.4, -0.2) is 30.0 Å². The monoisotopic (exact) mass is 259 g/mol. The van der Waals surface area contributed by atoms with Crippen LogP contribution in [0.15, 0.2) is 0 Å². The molecule has 0 radical (unpaired) electrons. The molecule has 0 saturated carbocycles. The topological polar surface area (TPSA) is 39.1 Å². The summed E-state index contributed by atoms with van der Waals surface area (Å²) in [6.07, 6.45) is 3.49. The van der Waals surface area contributed by atoms with Gasteiger partial charge in [0.25, 0.3) is 0 Å². The lowest BCUT2D eigenvalue weighted by Crippen LogP contribution is -2.17. The second-order valence-electron chi connectivity index (χ2n) is 4.20. The van der Waals surface area contributed by atoms with Gasteiger partial charge >= 0.3 is 0 Å². The van der Waals surface area contributed by atoms with E-state index in [4.69, 9.17) is 16.3 Å². The van der Waals surface area contributed by atoms with Crippen LogP contribution in [-0.2, 0) is 18.3 Å². The Morgan fingerprint density at radius 1 is 1.35 bits per heavy atom. The van der Waals surface area contributed by atoms with E-state index in [1.54, 1.807) is 7.11 Å². The van der Waals surface area contributed by atoms with Crippen LogP contribution in [0.3, 0.4) is 0 Å². The second-order valence-corrected chi connectivity index (χ2v) is 4.58. The summed E-state index contributed by atoms with van der Waals surface area (Å²) in [5, 5.41) is 8.44. The summed E-state index contributed by atoms with van der Waals surface area (Å²) in [5.74, 6) is 0. The molecule has 1 aromatic rings. The molecular formula is C12H22ClN3O. The minimum Gasteiger partial charge on any atom is -0.385 e. The third-order valence-corrected chi connectivity index (χ3v) is 3.25. The van der Waals surface area contributed by atoms with Gasteiger partial charge in [-0.2, -0.15) is 5.10 Å². The lowest BCUT2D eigenvalue weighted by atomic mass is 10.2. The molecule has 0 unspecified atom stereocenters. The van der Waals surface area contributed by atoms with E-state index >= 15 is 0 Å². The number of hydrogen-bond donors (Lipinski definition) is 1. The van der Waals surface area contributed by atoms with E-state index in [9.17, 15) is 0 Å². The third kappa shape index (κ3) is 4.66. The Morgan fingerprint density at radius 3 is 2.71 bits per heavy atom. The largest absolute Gasteiger partial charge is 0.385 e. The van der Waals surface area contributed by atoms with E-state index < -0.39 is 0 Å². The predicted molar refractivity (Wildman–Crippen MR) is 70.4 cm³/mol. The van der Waals surface area contributed by atoms with Gasteiger partial charge in [0.05, 0.1) is 16.4 Å². The molecule has 4 nitrogen and oxygen atoms in total. The van der Waals surface area contributed by atoms with Gasteiger partial charge in [-0.15, -0.1) is 0 Å². The number of halogens is 1. The summed E-state index contributed by atoms with van der Waals surface area (Å²) in [5.41, 5.74) is 1.95. The molecule has 0 fully saturated rings. The zero-order chi connectivity index (χ0) is 12.7. The maximum atomic E-state index is 6.16. The van der Waals surface area contributed by atoms with Crippen molar-refractivity contribution in [2.75, 3.05) is 20.3 Å². The van der Waals surface area contributed by atoms with Gasteiger partial charge in [0.2, 0.25) is 0 Å². The highest BCUT2D eigenvalue weighted by atomic mass is 35.5. The number of hydrogen-bond acceptors (Lipinski definition) is 3. The molecule has 0 spiro atoms. The number of aromatic nitrogens is 2. The van der Waals surface area contributed by atoms with Gasteiger partial charge in [-0.3, -0.25) is 4.68 Å². The van der Waals surface area contributed by atoms with Gasteiger partial charge in [0.15, 0.2) is 0 Å². The first-order valence-corrected chi connectivity index (χ1v) is 6.42. The number of nitrogens with zero attached hydrogens (tertiary/aromatic N) is 2. The van der Waals surface area contributed by atoms with E-state index in [1.165, 1.54) is 6.42 Å². The van der Waals surface area contributed by atoms with Gasteiger partial charge in [-0.1, -0.05) is 11.6 Å². The van der Waals surface area contributed by atoms with Crippen LogP contribution in [0, 0.1) is 6.92 Å². The van der Waals surface area contributed by atoms with E-state index in [2.05, 4.69) is 10.4 Å². The van der Waals surface area contributed by atoms with Crippen LogP contribution in [0.1, 0.15) is 30.7 Å². The Bertz CT molecular complexity index is 339. The molecule has 0 aliphatic rings. The van der Waals surface area contributed by atoms with Crippen LogP contribution in [0.5, 0.6) is 0 Å². The Labute approximate surface area is 108 Å². The fourth-order valence-electron chi connectivity index (χ4n) is 1.75. The molecular weight excluding hydrogens is 238 g/mol. The van der Waals surface area contributed by atoms with Crippen LogP contribution in [0.2, 0.25) is 5.02 Å². The molecule has 17 heavy (non-hydrogen) atoms. The number of nitrogens with one attached hydrogen (secondary N) is 1. The summed E-state index contributed by atoms with van der Waals surface area (Å²) in [6, 6.07) is 0. The van der Waals surface area contributed by atoms with Gasteiger partial charge < -0.3 is 10.1 Å². The molecule has 1 N–H and O–H groups in total. The fourth-order valence-corrected chi connectivity index (χ4v) is 1.98. The van der Waals surface area contributed by atoms with Gasteiger partial charge in [-0.25, -0.2) is 0 Å². The maximum Gasteiger partial charge on any atom is 0.0860 e. The number of ether oxygens (including phenoxy) is 1. The minimum absolute atomic E-state index is 0.777. The molecule has 98 valence electrons. The Balaban J connectivity index is 2.18. The maximum absolute atomic E-state index is 6.16. The van der Waals surface area contributed by atoms with Crippen molar-refractivity contribution in [3.05, 3.63) is 16.4 Å². The molecule has 0 saturated heterocycles. The zero-order valence-corrected chi connectivity index (χ0v) is 11.7. The molecule has 1 aromatic heterocycles. The molecule has 0 atom stereocenters. The minimum atomic E-state index is 0.777. The first-order valence-electron chi connectivity index (χ1n) is 6.04. The molecule has 0 aliphatic carbocycles. The number of aryl methyl sites for hydroxylation is 2. The normalized spacial score (nSPS) is 11.1.